The van der Waals surface area contributed by atoms with Crippen LogP contribution >= 0.6 is 11.6 Å². The first-order chi connectivity index (χ1) is 13.8. The van der Waals surface area contributed by atoms with Crippen LogP contribution in [-0.4, -0.2) is 51.2 Å². The maximum Gasteiger partial charge on any atom is 0.434 e. The quantitative estimate of drug-likeness (QED) is 0.430. The van der Waals surface area contributed by atoms with E-state index in [0.717, 1.165) is 13.4 Å². The van der Waals surface area contributed by atoms with Gasteiger partial charge in [0.2, 0.25) is 0 Å². The van der Waals surface area contributed by atoms with Crippen molar-refractivity contribution in [2.45, 2.75) is 11.1 Å². The van der Waals surface area contributed by atoms with Gasteiger partial charge in [0.15, 0.2) is 15.5 Å². The summed E-state index contributed by atoms with van der Waals surface area (Å²) in [5, 5.41) is 8.76. The fraction of sp³-hybridized carbons (Fsp3) is 0.222. The van der Waals surface area contributed by atoms with Gasteiger partial charge in [0.1, 0.15) is 6.54 Å². The maximum absolute atomic E-state index is 12.9. The number of hydrogen-bond donors (Lipinski definition) is 3. The first-order valence-corrected chi connectivity index (χ1v) is 10.5. The molecule has 2 aromatic rings. The molecule has 2 rings (SSSR count). The van der Waals surface area contributed by atoms with E-state index in [-0.39, 0.29) is 16.3 Å². The van der Waals surface area contributed by atoms with Gasteiger partial charge in [-0.1, -0.05) is 23.7 Å². The highest BCUT2D eigenvalue weighted by Crippen LogP contribution is 2.30. The summed E-state index contributed by atoms with van der Waals surface area (Å²) in [6.07, 6.45) is -3.96. The molecule has 0 bridgehead atoms. The summed E-state index contributed by atoms with van der Waals surface area (Å²) < 4.78 is 66.8. The first-order valence-electron chi connectivity index (χ1n) is 8.21. The second kappa shape index (κ2) is 8.92. The number of allylic oxidation sites excluding steroid dienone is 1. The fourth-order valence-electron chi connectivity index (χ4n) is 2.38. The predicted octanol–water partition coefficient (Wildman–Crippen LogP) is 3.34. The molecule has 1 aromatic carbocycles. The number of methoxy groups -OCH3 is 1. The molecular weight excluding hydrogens is 447 g/mol. The number of ether oxygens (including phenoxy) is 1. The molecule has 0 aliphatic rings. The molecule has 0 radical (unpaired) electrons. The summed E-state index contributed by atoms with van der Waals surface area (Å²) in [5.74, 6) is -0.761. The number of aromatic nitrogens is 1. The van der Waals surface area contributed by atoms with Crippen molar-refractivity contribution >= 4 is 38.8 Å². The SMILES string of the molecule is COC(=O)CN/C(=C(/Cl)C(=N)C(F)(F)F)c1ccc(-c2cccc(S(C)(=O)=O)c2)[nH]1. The maximum atomic E-state index is 12.9. The Kier molecular flexibility index (Phi) is 6.99. The van der Waals surface area contributed by atoms with Crippen LogP contribution in [0.5, 0.6) is 0 Å². The average molecular weight is 464 g/mol. The lowest BCUT2D eigenvalue weighted by atomic mass is 10.2. The van der Waals surface area contributed by atoms with Crippen LogP contribution in [0.15, 0.2) is 46.3 Å². The lowest BCUT2D eigenvalue weighted by Crippen LogP contribution is -2.28. The van der Waals surface area contributed by atoms with Crippen molar-refractivity contribution in [1.29, 1.82) is 5.41 Å². The summed E-state index contributed by atoms with van der Waals surface area (Å²) in [6, 6.07) is 8.81. The third-order valence-electron chi connectivity index (χ3n) is 3.89. The van der Waals surface area contributed by atoms with Gasteiger partial charge < -0.3 is 15.0 Å². The number of esters is 1. The molecule has 0 saturated carbocycles. The Morgan fingerprint density at radius 3 is 2.50 bits per heavy atom. The number of carbonyl (C=O) groups is 1. The number of nitrogens with one attached hydrogen (secondary N) is 3. The lowest BCUT2D eigenvalue weighted by molar-refractivity contribution is -0.139. The Morgan fingerprint density at radius 2 is 1.93 bits per heavy atom. The smallest absolute Gasteiger partial charge is 0.434 e. The van der Waals surface area contributed by atoms with E-state index < -0.39 is 39.3 Å². The van der Waals surface area contributed by atoms with Crippen molar-refractivity contribution in [2.75, 3.05) is 19.9 Å². The van der Waals surface area contributed by atoms with E-state index in [1.165, 1.54) is 30.3 Å². The van der Waals surface area contributed by atoms with Gasteiger partial charge in [-0.15, -0.1) is 0 Å². The van der Waals surface area contributed by atoms with Crippen LogP contribution in [0.25, 0.3) is 17.0 Å². The third kappa shape index (κ3) is 5.63. The summed E-state index contributed by atoms with van der Waals surface area (Å²) >= 11 is 5.80. The summed E-state index contributed by atoms with van der Waals surface area (Å²) in [5.41, 5.74) is -1.24. The molecule has 0 fully saturated rings. The zero-order valence-electron chi connectivity index (χ0n) is 15.7. The molecule has 0 amide bonds. The van der Waals surface area contributed by atoms with Crippen molar-refractivity contribution in [3.8, 4) is 11.3 Å². The van der Waals surface area contributed by atoms with E-state index in [0.29, 0.717) is 11.3 Å². The number of sulfone groups is 1. The van der Waals surface area contributed by atoms with Gasteiger partial charge in [0, 0.05) is 11.9 Å². The number of H-pyrrole nitrogens is 1. The number of rotatable bonds is 7. The van der Waals surface area contributed by atoms with Crippen LogP contribution in [0.2, 0.25) is 0 Å². The van der Waals surface area contributed by atoms with Gasteiger partial charge in [-0.3, -0.25) is 10.2 Å². The molecule has 162 valence electrons. The van der Waals surface area contributed by atoms with E-state index in [9.17, 15) is 26.4 Å². The molecule has 7 nitrogen and oxygen atoms in total. The Morgan fingerprint density at radius 1 is 1.27 bits per heavy atom. The molecular formula is C18H17ClF3N3O4S. The highest BCUT2D eigenvalue weighted by Gasteiger charge is 2.38. The van der Waals surface area contributed by atoms with Gasteiger partial charge in [-0.05, 0) is 29.8 Å². The standard InChI is InChI=1S/C18H17ClF3N3O4S/c1-29-14(26)9-24-16(15(19)17(23)18(20,21)22)13-7-6-12(25-13)10-4-3-5-11(8-10)30(2,27)28/h3-8,23-25H,9H2,1-2H3/b16-15+,23-17?. The van der Waals surface area contributed by atoms with E-state index in [1.54, 1.807) is 6.07 Å². The zero-order valence-corrected chi connectivity index (χ0v) is 17.3. The normalized spacial score (nSPS) is 12.9. The van der Waals surface area contributed by atoms with Crippen molar-refractivity contribution in [3.05, 3.63) is 47.1 Å². The Balaban J connectivity index is 2.50. The largest absolute Gasteiger partial charge is 0.468 e. The molecule has 0 unspecified atom stereocenters. The van der Waals surface area contributed by atoms with Crippen molar-refractivity contribution in [2.24, 2.45) is 0 Å². The van der Waals surface area contributed by atoms with Crippen LogP contribution in [0.3, 0.4) is 0 Å². The van der Waals surface area contributed by atoms with Gasteiger partial charge in [0.05, 0.1) is 28.4 Å². The number of benzene rings is 1. The Hall–Kier alpha value is -2.79. The predicted molar refractivity (Wildman–Crippen MR) is 106 cm³/mol. The molecule has 30 heavy (non-hydrogen) atoms. The van der Waals surface area contributed by atoms with E-state index in [2.05, 4.69) is 15.0 Å². The molecule has 0 aliphatic carbocycles. The second-order valence-corrected chi connectivity index (χ2v) is 8.47. The Labute approximate surface area is 175 Å². The molecule has 3 N–H and O–H groups in total. The van der Waals surface area contributed by atoms with Crippen LogP contribution in [0.1, 0.15) is 5.69 Å². The van der Waals surface area contributed by atoms with Crippen LogP contribution in [0.4, 0.5) is 13.2 Å². The number of alkyl halides is 3. The molecule has 0 aliphatic heterocycles. The van der Waals surface area contributed by atoms with Gasteiger partial charge in [-0.25, -0.2) is 8.42 Å². The molecule has 0 spiro atoms. The van der Waals surface area contributed by atoms with Crippen molar-refractivity contribution in [3.63, 3.8) is 0 Å². The average Bonchev–Trinajstić information content (AvgIpc) is 3.15. The minimum atomic E-state index is -5.01. The minimum Gasteiger partial charge on any atom is -0.468 e. The van der Waals surface area contributed by atoms with E-state index in [4.69, 9.17) is 17.0 Å². The first kappa shape index (κ1) is 23.5. The fourth-order valence-corrected chi connectivity index (χ4v) is 3.32. The summed E-state index contributed by atoms with van der Waals surface area (Å²) in [4.78, 5) is 14.3. The van der Waals surface area contributed by atoms with Gasteiger partial charge >= 0.3 is 12.1 Å². The lowest BCUT2D eigenvalue weighted by Gasteiger charge is -2.14. The van der Waals surface area contributed by atoms with Crippen molar-refractivity contribution in [1.82, 2.24) is 10.3 Å². The number of aromatic amines is 1. The molecule has 12 heteroatoms. The topological polar surface area (TPSA) is 112 Å². The highest BCUT2D eigenvalue weighted by atomic mass is 35.5. The Bertz CT molecular complexity index is 1110. The van der Waals surface area contributed by atoms with Crippen LogP contribution in [-0.2, 0) is 19.4 Å². The highest BCUT2D eigenvalue weighted by molar-refractivity contribution is 7.90. The number of hydrogen-bond acceptors (Lipinski definition) is 6. The second-order valence-electron chi connectivity index (χ2n) is 6.08. The van der Waals surface area contributed by atoms with E-state index in [1.807, 2.05) is 0 Å². The summed E-state index contributed by atoms with van der Waals surface area (Å²) in [7, 11) is -2.36. The zero-order chi connectivity index (χ0) is 22.7. The molecule has 1 heterocycles. The number of carbonyl (C=O) groups excluding carboxylic acids is 1. The van der Waals surface area contributed by atoms with Crippen LogP contribution in [0, 0.1) is 5.41 Å². The monoisotopic (exact) mass is 463 g/mol. The van der Waals surface area contributed by atoms with Crippen LogP contribution < -0.4 is 5.32 Å². The van der Waals surface area contributed by atoms with Gasteiger partial charge in [-0.2, -0.15) is 13.2 Å². The number of halogens is 4. The minimum absolute atomic E-state index is 0.0534. The molecule has 1 aromatic heterocycles. The third-order valence-corrected chi connectivity index (χ3v) is 5.38. The molecule has 0 atom stereocenters. The van der Waals surface area contributed by atoms with E-state index >= 15 is 0 Å². The van der Waals surface area contributed by atoms with Crippen molar-refractivity contribution < 1.29 is 31.1 Å². The summed E-state index contributed by atoms with van der Waals surface area (Å²) in [6.45, 7) is -0.495. The molecule has 0 saturated heterocycles. The van der Waals surface area contributed by atoms with Gasteiger partial charge in [0.25, 0.3) is 0 Å².